The van der Waals surface area contributed by atoms with Gasteiger partial charge in [0.15, 0.2) is 0 Å². The van der Waals surface area contributed by atoms with Crippen LogP contribution in [0.15, 0.2) is 24.3 Å². The molecule has 0 spiro atoms. The average Bonchev–Trinajstić information content (AvgIpc) is 3.01. The molecule has 4 heteroatoms. The highest BCUT2D eigenvalue weighted by molar-refractivity contribution is 5.34. The van der Waals surface area contributed by atoms with Crippen molar-refractivity contribution in [3.8, 4) is 11.8 Å². The van der Waals surface area contributed by atoms with Crippen LogP contribution in [0.3, 0.4) is 0 Å². The van der Waals surface area contributed by atoms with Gasteiger partial charge in [-0.15, -0.1) is 0 Å². The van der Waals surface area contributed by atoms with Crippen LogP contribution in [0.5, 0.6) is 5.75 Å². The van der Waals surface area contributed by atoms with Gasteiger partial charge in [0, 0.05) is 12.5 Å². The van der Waals surface area contributed by atoms with Crippen molar-refractivity contribution < 1.29 is 10.1 Å². The minimum absolute atomic E-state index is 0.680. The predicted molar refractivity (Wildman–Crippen MR) is 81.0 cm³/mol. The summed E-state index contributed by atoms with van der Waals surface area (Å²) in [6.45, 7) is 5.75. The second kappa shape index (κ2) is 6.93. The molecule has 1 aromatic rings. The third-order valence-corrected chi connectivity index (χ3v) is 4.75. The summed E-state index contributed by atoms with van der Waals surface area (Å²) in [6, 6.07) is 10.3. The van der Waals surface area contributed by atoms with Crippen LogP contribution in [0.25, 0.3) is 0 Å². The lowest BCUT2D eigenvalue weighted by Crippen LogP contribution is -2.82. The molecule has 0 bridgehead atoms. The van der Waals surface area contributed by atoms with E-state index in [0.717, 1.165) is 37.3 Å². The lowest BCUT2D eigenvalue weighted by Gasteiger charge is -2.35. The van der Waals surface area contributed by atoms with Crippen LogP contribution in [0.4, 0.5) is 0 Å². The van der Waals surface area contributed by atoms with E-state index in [1.165, 1.54) is 32.5 Å². The molecule has 4 nitrogen and oxygen atoms in total. The fourth-order valence-electron chi connectivity index (χ4n) is 3.67. The Morgan fingerprint density at radius 2 is 2.14 bits per heavy atom. The monoisotopic (exact) mass is 286 g/mol. The first kappa shape index (κ1) is 14.4. The van der Waals surface area contributed by atoms with E-state index in [2.05, 4.69) is 16.3 Å². The topological polar surface area (TPSA) is 52.9 Å². The summed E-state index contributed by atoms with van der Waals surface area (Å²) in [4.78, 5) is 2.67. The summed E-state index contributed by atoms with van der Waals surface area (Å²) < 4.78 is 5.76. The number of rotatable bonds is 5. The molecule has 2 aliphatic heterocycles. The van der Waals surface area contributed by atoms with Crippen LogP contribution in [-0.4, -0.2) is 43.7 Å². The first-order chi connectivity index (χ1) is 10.4. The van der Waals surface area contributed by atoms with Crippen molar-refractivity contribution in [1.82, 2.24) is 4.90 Å². The van der Waals surface area contributed by atoms with Crippen molar-refractivity contribution in [3.63, 3.8) is 0 Å². The van der Waals surface area contributed by atoms with Crippen molar-refractivity contribution in [2.75, 3.05) is 32.8 Å². The van der Waals surface area contributed by atoms with E-state index in [0.29, 0.717) is 5.56 Å². The maximum Gasteiger partial charge on any atom is 0.119 e. The molecule has 112 valence electrons. The van der Waals surface area contributed by atoms with Gasteiger partial charge in [0.1, 0.15) is 5.75 Å². The first-order valence-electron chi connectivity index (χ1n) is 8.05. The maximum atomic E-state index is 8.76. The SMILES string of the molecule is N#Cc1ccc(OCCCN2CCCC3C[NH2+]CC32)cc1. The number of fused-ring (bicyclic) bond motifs is 1. The molecule has 0 aromatic heterocycles. The molecule has 0 aliphatic carbocycles. The van der Waals surface area contributed by atoms with Crippen molar-refractivity contribution >= 4 is 0 Å². The summed E-state index contributed by atoms with van der Waals surface area (Å²) >= 11 is 0. The second-order valence-corrected chi connectivity index (χ2v) is 6.10. The van der Waals surface area contributed by atoms with Crippen LogP contribution >= 0.6 is 0 Å². The number of likely N-dealkylation sites (tertiary alicyclic amines) is 1. The number of piperidine rings is 1. The van der Waals surface area contributed by atoms with Crippen LogP contribution in [0, 0.1) is 17.2 Å². The average molecular weight is 286 g/mol. The minimum Gasteiger partial charge on any atom is -0.494 e. The van der Waals surface area contributed by atoms with Gasteiger partial charge in [0.25, 0.3) is 0 Å². The molecular weight excluding hydrogens is 262 g/mol. The molecule has 21 heavy (non-hydrogen) atoms. The van der Waals surface area contributed by atoms with Crippen LogP contribution in [-0.2, 0) is 0 Å². The predicted octanol–water partition coefficient (Wildman–Crippen LogP) is 0.985. The summed E-state index contributed by atoms with van der Waals surface area (Å²) in [7, 11) is 0. The van der Waals surface area contributed by atoms with Crippen LogP contribution in [0.1, 0.15) is 24.8 Å². The van der Waals surface area contributed by atoms with E-state index in [1.54, 1.807) is 12.1 Å². The van der Waals surface area contributed by atoms with E-state index in [4.69, 9.17) is 10.00 Å². The van der Waals surface area contributed by atoms with Gasteiger partial charge in [-0.05, 0) is 50.1 Å². The number of hydrogen-bond acceptors (Lipinski definition) is 3. The lowest BCUT2D eigenvalue weighted by molar-refractivity contribution is -0.639. The van der Waals surface area contributed by atoms with Gasteiger partial charge in [-0.1, -0.05) is 0 Å². The number of nitrogens with two attached hydrogens (primary N) is 1. The first-order valence-corrected chi connectivity index (χ1v) is 8.05. The third-order valence-electron chi connectivity index (χ3n) is 4.75. The fourth-order valence-corrected chi connectivity index (χ4v) is 3.67. The lowest BCUT2D eigenvalue weighted by atomic mass is 9.92. The molecule has 1 aromatic carbocycles. The Labute approximate surface area is 126 Å². The van der Waals surface area contributed by atoms with Gasteiger partial charge in [0.2, 0.25) is 0 Å². The molecule has 2 atom stereocenters. The number of nitriles is 1. The molecule has 3 rings (SSSR count). The normalized spacial score (nSPS) is 25.3. The zero-order valence-corrected chi connectivity index (χ0v) is 12.5. The molecule has 2 unspecified atom stereocenters. The van der Waals surface area contributed by atoms with Crippen molar-refractivity contribution in [2.24, 2.45) is 5.92 Å². The number of ether oxygens (including phenoxy) is 1. The summed E-state index contributed by atoms with van der Waals surface area (Å²) in [6.07, 6.45) is 3.84. The van der Waals surface area contributed by atoms with E-state index in [1.807, 2.05) is 12.1 Å². The maximum absolute atomic E-state index is 8.76. The largest absolute Gasteiger partial charge is 0.494 e. The molecule has 2 heterocycles. The Morgan fingerprint density at radius 1 is 1.29 bits per heavy atom. The minimum atomic E-state index is 0.680. The van der Waals surface area contributed by atoms with Crippen molar-refractivity contribution in [1.29, 1.82) is 5.26 Å². The number of benzene rings is 1. The highest BCUT2D eigenvalue weighted by atomic mass is 16.5. The van der Waals surface area contributed by atoms with Gasteiger partial charge >= 0.3 is 0 Å². The smallest absolute Gasteiger partial charge is 0.119 e. The highest BCUT2D eigenvalue weighted by Gasteiger charge is 2.37. The summed E-state index contributed by atoms with van der Waals surface area (Å²) in [5.41, 5.74) is 0.680. The Bertz CT molecular complexity index is 494. The molecule has 2 saturated heterocycles. The fraction of sp³-hybridized carbons (Fsp3) is 0.588. The van der Waals surface area contributed by atoms with Crippen LogP contribution in [0.2, 0.25) is 0 Å². The van der Waals surface area contributed by atoms with E-state index in [-0.39, 0.29) is 0 Å². The van der Waals surface area contributed by atoms with Gasteiger partial charge in [-0.25, -0.2) is 0 Å². The summed E-state index contributed by atoms with van der Waals surface area (Å²) in [5, 5.41) is 11.2. The van der Waals surface area contributed by atoms with E-state index < -0.39 is 0 Å². The van der Waals surface area contributed by atoms with Gasteiger partial charge in [0.05, 0.1) is 37.4 Å². The van der Waals surface area contributed by atoms with Crippen LogP contribution < -0.4 is 10.1 Å². The van der Waals surface area contributed by atoms with Gasteiger partial charge < -0.3 is 10.1 Å². The van der Waals surface area contributed by atoms with Gasteiger partial charge in [-0.2, -0.15) is 5.26 Å². The Morgan fingerprint density at radius 3 is 2.95 bits per heavy atom. The standard InChI is InChI=1S/C17H23N3O/c18-11-14-4-6-16(7-5-14)21-10-2-9-20-8-1-3-15-12-19-13-17(15)20/h4-7,15,17,19H,1-3,8-10,12-13H2/p+1. The van der Waals surface area contributed by atoms with E-state index in [9.17, 15) is 0 Å². The van der Waals surface area contributed by atoms with E-state index >= 15 is 0 Å². The molecule has 2 fully saturated rings. The number of quaternary nitrogens is 1. The zero-order valence-electron chi connectivity index (χ0n) is 12.5. The Balaban J connectivity index is 1.40. The molecule has 2 aliphatic rings. The molecular formula is C17H24N3O+. The summed E-state index contributed by atoms with van der Waals surface area (Å²) in [5.74, 6) is 1.78. The molecule has 0 amide bonds. The third kappa shape index (κ3) is 3.55. The molecule has 0 saturated carbocycles. The van der Waals surface area contributed by atoms with Crippen molar-refractivity contribution in [2.45, 2.75) is 25.3 Å². The molecule has 0 radical (unpaired) electrons. The number of hydrogen-bond donors (Lipinski definition) is 1. The van der Waals surface area contributed by atoms with Crippen molar-refractivity contribution in [3.05, 3.63) is 29.8 Å². The second-order valence-electron chi connectivity index (χ2n) is 6.10. The highest BCUT2D eigenvalue weighted by Crippen LogP contribution is 2.24. The molecule has 2 N–H and O–H groups in total. The quantitative estimate of drug-likeness (QED) is 0.821. The Kier molecular flexibility index (Phi) is 4.74. The zero-order chi connectivity index (χ0) is 14.5. The Hall–Kier alpha value is -1.57. The van der Waals surface area contributed by atoms with Gasteiger partial charge in [-0.3, -0.25) is 4.90 Å². The number of nitrogens with zero attached hydrogens (tertiary/aromatic N) is 2.